The van der Waals surface area contributed by atoms with E-state index < -0.39 is 0 Å². The zero-order valence-electron chi connectivity index (χ0n) is 12.0. The second-order valence-electron chi connectivity index (χ2n) is 5.46. The van der Waals surface area contributed by atoms with Gasteiger partial charge in [0.1, 0.15) is 0 Å². The summed E-state index contributed by atoms with van der Waals surface area (Å²) in [5, 5.41) is 0. The Morgan fingerprint density at radius 1 is 1.05 bits per heavy atom. The van der Waals surface area contributed by atoms with Crippen LogP contribution in [0.4, 0.5) is 17.8 Å². The number of ether oxygens (including phenoxy) is 1. The molecule has 0 saturated carbocycles. The molecule has 20 heavy (non-hydrogen) atoms. The van der Waals surface area contributed by atoms with Gasteiger partial charge in [0.2, 0.25) is 17.8 Å². The standard InChI is InChI=1S/C13H22N6O/c1-10-9-20-8-7-19(10)13-16-11(14)15-12(17-13)18-5-3-2-4-6-18/h10H,2-9H2,1H3,(H2,14,15,16,17). The van der Waals surface area contributed by atoms with Gasteiger partial charge in [-0.05, 0) is 26.2 Å². The highest BCUT2D eigenvalue weighted by Gasteiger charge is 2.24. The lowest BCUT2D eigenvalue weighted by Crippen LogP contribution is -2.45. The average Bonchev–Trinajstić information content (AvgIpc) is 2.48. The van der Waals surface area contributed by atoms with E-state index in [0.717, 1.165) is 19.6 Å². The summed E-state index contributed by atoms with van der Waals surface area (Å²) in [6.45, 7) is 6.31. The van der Waals surface area contributed by atoms with Crippen molar-refractivity contribution in [1.82, 2.24) is 15.0 Å². The van der Waals surface area contributed by atoms with Gasteiger partial charge in [-0.1, -0.05) is 0 Å². The van der Waals surface area contributed by atoms with Gasteiger partial charge in [-0.15, -0.1) is 0 Å². The third-order valence-corrected chi connectivity index (χ3v) is 3.89. The molecule has 0 aromatic carbocycles. The summed E-state index contributed by atoms with van der Waals surface area (Å²) in [6.07, 6.45) is 3.66. The fraction of sp³-hybridized carbons (Fsp3) is 0.769. The Bertz CT molecular complexity index is 462. The first-order chi connectivity index (χ1) is 9.74. The molecule has 2 N–H and O–H groups in total. The normalized spacial score (nSPS) is 23.9. The Morgan fingerprint density at radius 2 is 1.80 bits per heavy atom. The van der Waals surface area contributed by atoms with Gasteiger partial charge < -0.3 is 20.3 Å². The van der Waals surface area contributed by atoms with Crippen molar-refractivity contribution < 1.29 is 4.74 Å². The summed E-state index contributed by atoms with van der Waals surface area (Å²) in [4.78, 5) is 17.6. The summed E-state index contributed by atoms with van der Waals surface area (Å²) in [5.41, 5.74) is 5.87. The first kappa shape index (κ1) is 13.4. The molecule has 3 rings (SSSR count). The zero-order chi connectivity index (χ0) is 13.9. The van der Waals surface area contributed by atoms with E-state index in [-0.39, 0.29) is 6.04 Å². The van der Waals surface area contributed by atoms with Crippen LogP contribution in [0.5, 0.6) is 0 Å². The highest BCUT2D eigenvalue weighted by Crippen LogP contribution is 2.21. The van der Waals surface area contributed by atoms with Gasteiger partial charge in [0.05, 0.1) is 19.3 Å². The van der Waals surface area contributed by atoms with E-state index in [4.69, 9.17) is 10.5 Å². The zero-order valence-corrected chi connectivity index (χ0v) is 12.0. The number of piperidine rings is 1. The van der Waals surface area contributed by atoms with Crippen molar-refractivity contribution in [2.75, 3.05) is 48.4 Å². The van der Waals surface area contributed by atoms with Gasteiger partial charge in [0.15, 0.2) is 0 Å². The van der Waals surface area contributed by atoms with E-state index in [1.807, 2.05) is 0 Å². The monoisotopic (exact) mass is 278 g/mol. The predicted molar refractivity (Wildman–Crippen MR) is 77.9 cm³/mol. The molecule has 0 aliphatic carbocycles. The van der Waals surface area contributed by atoms with Crippen LogP contribution < -0.4 is 15.5 Å². The highest BCUT2D eigenvalue weighted by atomic mass is 16.5. The molecule has 0 radical (unpaired) electrons. The molecule has 7 heteroatoms. The van der Waals surface area contributed by atoms with Crippen molar-refractivity contribution in [3.05, 3.63) is 0 Å². The summed E-state index contributed by atoms with van der Waals surface area (Å²) < 4.78 is 5.46. The van der Waals surface area contributed by atoms with Crippen LogP contribution in [0.1, 0.15) is 26.2 Å². The molecule has 3 heterocycles. The molecule has 110 valence electrons. The van der Waals surface area contributed by atoms with E-state index in [0.29, 0.717) is 31.1 Å². The molecule has 0 spiro atoms. The van der Waals surface area contributed by atoms with Gasteiger partial charge in [0, 0.05) is 19.6 Å². The lowest BCUT2D eigenvalue weighted by atomic mass is 10.1. The van der Waals surface area contributed by atoms with Gasteiger partial charge in [0.25, 0.3) is 0 Å². The van der Waals surface area contributed by atoms with Crippen molar-refractivity contribution in [2.24, 2.45) is 0 Å². The maximum absolute atomic E-state index is 5.87. The largest absolute Gasteiger partial charge is 0.377 e. The Hall–Kier alpha value is -1.63. The molecule has 1 aromatic rings. The van der Waals surface area contributed by atoms with Crippen LogP contribution in [0.3, 0.4) is 0 Å². The second kappa shape index (κ2) is 5.78. The van der Waals surface area contributed by atoms with E-state index in [2.05, 4.69) is 31.7 Å². The smallest absolute Gasteiger partial charge is 0.232 e. The number of nitrogens with two attached hydrogens (primary N) is 1. The molecule has 1 atom stereocenters. The van der Waals surface area contributed by atoms with Crippen LogP contribution in [0.15, 0.2) is 0 Å². The van der Waals surface area contributed by atoms with Crippen LogP contribution in [0.2, 0.25) is 0 Å². The van der Waals surface area contributed by atoms with Crippen molar-refractivity contribution in [2.45, 2.75) is 32.2 Å². The number of nitrogens with zero attached hydrogens (tertiary/aromatic N) is 5. The minimum absolute atomic E-state index is 0.264. The Labute approximate surface area is 119 Å². The number of aromatic nitrogens is 3. The first-order valence-corrected chi connectivity index (χ1v) is 7.35. The van der Waals surface area contributed by atoms with Gasteiger partial charge in [-0.3, -0.25) is 0 Å². The Balaban J connectivity index is 1.85. The van der Waals surface area contributed by atoms with Crippen LogP contribution in [0, 0.1) is 0 Å². The fourth-order valence-corrected chi connectivity index (χ4v) is 2.76. The van der Waals surface area contributed by atoms with Crippen molar-refractivity contribution in [3.8, 4) is 0 Å². The number of anilines is 3. The fourth-order valence-electron chi connectivity index (χ4n) is 2.76. The van der Waals surface area contributed by atoms with Gasteiger partial charge in [-0.25, -0.2) is 0 Å². The van der Waals surface area contributed by atoms with Gasteiger partial charge >= 0.3 is 0 Å². The summed E-state index contributed by atoms with van der Waals surface area (Å²) in [6, 6.07) is 0.264. The number of rotatable bonds is 2. The molecule has 2 saturated heterocycles. The number of hydrogen-bond donors (Lipinski definition) is 1. The van der Waals surface area contributed by atoms with E-state index >= 15 is 0 Å². The quantitative estimate of drug-likeness (QED) is 0.851. The summed E-state index contributed by atoms with van der Waals surface area (Å²) in [7, 11) is 0. The maximum Gasteiger partial charge on any atom is 0.232 e. The van der Waals surface area contributed by atoms with Crippen LogP contribution in [0.25, 0.3) is 0 Å². The number of hydrogen-bond acceptors (Lipinski definition) is 7. The van der Waals surface area contributed by atoms with Gasteiger partial charge in [-0.2, -0.15) is 15.0 Å². The molecule has 2 fully saturated rings. The highest BCUT2D eigenvalue weighted by molar-refractivity contribution is 5.44. The third-order valence-electron chi connectivity index (χ3n) is 3.89. The third kappa shape index (κ3) is 2.77. The first-order valence-electron chi connectivity index (χ1n) is 7.35. The molecular weight excluding hydrogens is 256 g/mol. The predicted octanol–water partition coefficient (Wildman–Crippen LogP) is 0.669. The lowest BCUT2D eigenvalue weighted by molar-refractivity contribution is 0.0981. The SMILES string of the molecule is CC1COCCN1c1nc(N)nc(N2CCCCC2)n1. The van der Waals surface area contributed by atoms with Crippen LogP contribution >= 0.6 is 0 Å². The molecule has 0 bridgehead atoms. The van der Waals surface area contributed by atoms with E-state index in [1.54, 1.807) is 0 Å². The summed E-state index contributed by atoms with van der Waals surface area (Å²) >= 11 is 0. The summed E-state index contributed by atoms with van der Waals surface area (Å²) in [5.74, 6) is 1.69. The Kier molecular flexibility index (Phi) is 3.86. The molecule has 2 aliphatic rings. The number of morpholine rings is 1. The van der Waals surface area contributed by atoms with E-state index in [1.165, 1.54) is 19.3 Å². The second-order valence-corrected chi connectivity index (χ2v) is 5.46. The van der Waals surface area contributed by atoms with E-state index in [9.17, 15) is 0 Å². The molecular formula is C13H22N6O. The molecule has 7 nitrogen and oxygen atoms in total. The molecule has 1 unspecified atom stereocenters. The molecule has 1 aromatic heterocycles. The minimum atomic E-state index is 0.264. The van der Waals surface area contributed by atoms with Crippen molar-refractivity contribution >= 4 is 17.8 Å². The average molecular weight is 278 g/mol. The van der Waals surface area contributed by atoms with Crippen LogP contribution in [-0.4, -0.2) is 53.8 Å². The maximum atomic E-state index is 5.87. The molecule has 2 aliphatic heterocycles. The minimum Gasteiger partial charge on any atom is -0.377 e. The topological polar surface area (TPSA) is 80.4 Å². The molecule has 0 amide bonds. The van der Waals surface area contributed by atoms with Crippen LogP contribution in [-0.2, 0) is 4.74 Å². The van der Waals surface area contributed by atoms with Crippen molar-refractivity contribution in [3.63, 3.8) is 0 Å². The van der Waals surface area contributed by atoms with Crippen molar-refractivity contribution in [1.29, 1.82) is 0 Å². The Morgan fingerprint density at radius 3 is 2.55 bits per heavy atom. The number of nitrogen functional groups attached to an aromatic ring is 1. The lowest BCUT2D eigenvalue weighted by Gasteiger charge is -2.34.